The molecule has 0 radical (unpaired) electrons. The zero-order chi connectivity index (χ0) is 22.6. The van der Waals surface area contributed by atoms with Crippen molar-refractivity contribution in [2.45, 2.75) is 23.4 Å². The number of para-hydroxylation sites is 1. The van der Waals surface area contributed by atoms with Crippen molar-refractivity contribution in [1.82, 2.24) is 19.2 Å². The van der Waals surface area contributed by atoms with E-state index in [2.05, 4.69) is 58.7 Å². The number of fused-ring (bicyclic) bond motifs is 3. The molecule has 2 heterocycles. The summed E-state index contributed by atoms with van der Waals surface area (Å²) in [5.41, 5.74) is 3.13. The van der Waals surface area contributed by atoms with Crippen molar-refractivity contribution in [3.63, 3.8) is 0 Å². The number of ether oxygens (including phenoxy) is 1. The molecule has 0 bridgehead atoms. The molecule has 0 aliphatic carbocycles. The SMILES string of the molecule is COCCCn1c(=O)c2ccccc2n2c(SC(c3ccccc3)c3ccccc3)nnc12. The van der Waals surface area contributed by atoms with Crippen LogP contribution >= 0.6 is 11.8 Å². The molecule has 166 valence electrons. The topological polar surface area (TPSA) is 61.4 Å². The third kappa shape index (κ3) is 4.17. The summed E-state index contributed by atoms with van der Waals surface area (Å²) in [7, 11) is 1.66. The van der Waals surface area contributed by atoms with E-state index in [1.165, 1.54) is 11.1 Å². The number of hydrogen-bond donors (Lipinski definition) is 0. The standard InChI is InChI=1S/C26H24N4O2S/c1-32-18-10-17-29-24(31)21-15-8-9-16-22(21)30-25(29)27-28-26(30)33-23(19-11-4-2-5-12-19)20-13-6-3-7-14-20/h2-9,11-16,23H,10,17-18H2,1H3. The Balaban J connectivity index is 1.67. The van der Waals surface area contributed by atoms with E-state index in [4.69, 9.17) is 4.74 Å². The monoisotopic (exact) mass is 456 g/mol. The normalized spacial score (nSPS) is 11.6. The van der Waals surface area contributed by atoms with Crippen molar-refractivity contribution in [3.8, 4) is 0 Å². The van der Waals surface area contributed by atoms with E-state index < -0.39 is 0 Å². The third-order valence-electron chi connectivity index (χ3n) is 5.64. The van der Waals surface area contributed by atoms with Crippen LogP contribution in [0.3, 0.4) is 0 Å². The van der Waals surface area contributed by atoms with Gasteiger partial charge in [0.2, 0.25) is 5.78 Å². The molecule has 5 aromatic rings. The molecule has 0 atom stereocenters. The molecule has 0 fully saturated rings. The number of methoxy groups -OCH3 is 1. The minimum atomic E-state index is -0.0548. The highest BCUT2D eigenvalue weighted by molar-refractivity contribution is 7.99. The highest BCUT2D eigenvalue weighted by atomic mass is 32.2. The summed E-state index contributed by atoms with van der Waals surface area (Å²) in [5.74, 6) is 0.553. The summed E-state index contributed by atoms with van der Waals surface area (Å²) in [6.45, 7) is 1.09. The van der Waals surface area contributed by atoms with Gasteiger partial charge in [0.1, 0.15) is 0 Å². The van der Waals surface area contributed by atoms with E-state index >= 15 is 0 Å². The number of thioether (sulfide) groups is 1. The van der Waals surface area contributed by atoms with E-state index in [1.54, 1.807) is 23.4 Å². The lowest BCUT2D eigenvalue weighted by Crippen LogP contribution is -2.24. The Kier molecular flexibility index (Phi) is 6.24. The van der Waals surface area contributed by atoms with E-state index in [0.717, 1.165) is 17.1 Å². The van der Waals surface area contributed by atoms with Gasteiger partial charge in [0, 0.05) is 20.3 Å². The minimum Gasteiger partial charge on any atom is -0.385 e. The van der Waals surface area contributed by atoms with Gasteiger partial charge in [-0.25, -0.2) is 0 Å². The minimum absolute atomic E-state index is 0.0347. The molecule has 0 spiro atoms. The number of hydrogen-bond acceptors (Lipinski definition) is 5. The summed E-state index contributed by atoms with van der Waals surface area (Å²) in [4.78, 5) is 13.2. The van der Waals surface area contributed by atoms with Crippen LogP contribution in [0.4, 0.5) is 0 Å². The first kappa shape index (κ1) is 21.4. The molecule has 0 aliphatic rings. The molecule has 0 amide bonds. The Labute approximate surface area is 195 Å². The van der Waals surface area contributed by atoms with E-state index in [0.29, 0.717) is 24.3 Å². The summed E-state index contributed by atoms with van der Waals surface area (Å²) in [5, 5.41) is 10.5. The average Bonchev–Trinajstić information content (AvgIpc) is 3.29. The van der Waals surface area contributed by atoms with Crippen LogP contribution < -0.4 is 5.56 Å². The Bertz CT molecular complexity index is 1390. The summed E-state index contributed by atoms with van der Waals surface area (Å²) in [6.07, 6.45) is 0.719. The second kappa shape index (κ2) is 9.60. The largest absolute Gasteiger partial charge is 0.385 e. The van der Waals surface area contributed by atoms with E-state index in [1.807, 2.05) is 40.8 Å². The van der Waals surface area contributed by atoms with E-state index in [-0.39, 0.29) is 10.8 Å². The molecule has 7 heteroatoms. The van der Waals surface area contributed by atoms with Crippen molar-refractivity contribution < 1.29 is 4.74 Å². The van der Waals surface area contributed by atoms with Gasteiger partial charge in [-0.1, -0.05) is 84.6 Å². The number of rotatable bonds is 8. The molecule has 33 heavy (non-hydrogen) atoms. The molecule has 0 saturated carbocycles. The highest BCUT2D eigenvalue weighted by Gasteiger charge is 2.22. The zero-order valence-electron chi connectivity index (χ0n) is 18.3. The van der Waals surface area contributed by atoms with Crippen LogP contribution in [0.25, 0.3) is 16.7 Å². The van der Waals surface area contributed by atoms with Crippen molar-refractivity contribution in [2.75, 3.05) is 13.7 Å². The molecule has 5 rings (SSSR count). The smallest absolute Gasteiger partial charge is 0.262 e. The van der Waals surface area contributed by atoms with Crippen LogP contribution in [0.15, 0.2) is 94.9 Å². The van der Waals surface area contributed by atoms with Crippen LogP contribution in [-0.4, -0.2) is 32.9 Å². The Morgan fingerprint density at radius 3 is 2.18 bits per heavy atom. The van der Waals surface area contributed by atoms with Crippen LogP contribution in [0.1, 0.15) is 22.8 Å². The average molecular weight is 457 g/mol. The van der Waals surface area contributed by atoms with Gasteiger partial charge in [0.05, 0.1) is 16.2 Å². The summed E-state index contributed by atoms with van der Waals surface area (Å²) >= 11 is 1.64. The molecule has 0 saturated heterocycles. The van der Waals surface area contributed by atoms with Crippen molar-refractivity contribution in [3.05, 3.63) is 106 Å². The maximum absolute atomic E-state index is 13.2. The number of aryl methyl sites for hydroxylation is 1. The molecule has 0 N–H and O–H groups in total. The second-order valence-corrected chi connectivity index (χ2v) is 8.83. The maximum atomic E-state index is 13.2. The van der Waals surface area contributed by atoms with Gasteiger partial charge in [0.25, 0.3) is 5.56 Å². The van der Waals surface area contributed by atoms with Gasteiger partial charge in [-0.2, -0.15) is 0 Å². The first-order chi connectivity index (χ1) is 16.3. The fourth-order valence-corrected chi connectivity index (χ4v) is 5.24. The maximum Gasteiger partial charge on any atom is 0.262 e. The number of aromatic nitrogens is 4. The Morgan fingerprint density at radius 1 is 0.879 bits per heavy atom. The molecule has 0 aliphatic heterocycles. The van der Waals surface area contributed by atoms with Gasteiger partial charge in [-0.05, 0) is 29.7 Å². The Morgan fingerprint density at radius 2 is 1.52 bits per heavy atom. The van der Waals surface area contributed by atoms with E-state index in [9.17, 15) is 4.79 Å². The van der Waals surface area contributed by atoms with Gasteiger partial charge >= 0.3 is 0 Å². The molecule has 2 aromatic heterocycles. The predicted molar refractivity (Wildman–Crippen MR) is 132 cm³/mol. The van der Waals surface area contributed by atoms with Crippen LogP contribution in [-0.2, 0) is 11.3 Å². The highest BCUT2D eigenvalue weighted by Crippen LogP contribution is 2.40. The van der Waals surface area contributed by atoms with Gasteiger partial charge < -0.3 is 4.74 Å². The number of nitrogens with zero attached hydrogens (tertiary/aromatic N) is 4. The fourth-order valence-electron chi connectivity index (χ4n) is 4.07. The van der Waals surface area contributed by atoms with Crippen LogP contribution in [0, 0.1) is 0 Å². The molecule has 3 aromatic carbocycles. The van der Waals surface area contributed by atoms with Crippen molar-refractivity contribution in [1.29, 1.82) is 0 Å². The van der Waals surface area contributed by atoms with Crippen LogP contribution in [0.2, 0.25) is 0 Å². The quantitative estimate of drug-likeness (QED) is 0.244. The van der Waals surface area contributed by atoms with Crippen molar-refractivity contribution >= 4 is 28.4 Å². The first-order valence-electron chi connectivity index (χ1n) is 10.9. The molecule has 0 unspecified atom stereocenters. The zero-order valence-corrected chi connectivity index (χ0v) is 19.1. The van der Waals surface area contributed by atoms with Crippen molar-refractivity contribution in [2.24, 2.45) is 0 Å². The van der Waals surface area contributed by atoms with Gasteiger partial charge in [0.15, 0.2) is 5.16 Å². The fraction of sp³-hybridized carbons (Fsp3) is 0.192. The summed E-state index contributed by atoms with van der Waals surface area (Å²) < 4.78 is 8.91. The number of benzene rings is 3. The van der Waals surface area contributed by atoms with Crippen LogP contribution in [0.5, 0.6) is 0 Å². The summed E-state index contributed by atoms with van der Waals surface area (Å²) in [6, 6.07) is 28.4. The second-order valence-electron chi connectivity index (χ2n) is 7.76. The first-order valence-corrected chi connectivity index (χ1v) is 11.8. The molecular weight excluding hydrogens is 432 g/mol. The molecule has 6 nitrogen and oxygen atoms in total. The predicted octanol–water partition coefficient (Wildman–Crippen LogP) is 4.96. The van der Waals surface area contributed by atoms with Gasteiger partial charge in [-0.3, -0.25) is 13.8 Å². The lowest BCUT2D eigenvalue weighted by atomic mass is 10.0. The third-order valence-corrected chi connectivity index (χ3v) is 6.89. The van der Waals surface area contributed by atoms with Gasteiger partial charge in [-0.15, -0.1) is 10.2 Å². The lowest BCUT2D eigenvalue weighted by Gasteiger charge is -2.17. The Hall–Kier alpha value is -3.42. The lowest BCUT2D eigenvalue weighted by molar-refractivity contribution is 0.190. The molecular formula is C26H24N4O2S.